The van der Waals surface area contributed by atoms with Gasteiger partial charge in [0.15, 0.2) is 5.60 Å². The van der Waals surface area contributed by atoms with Crippen LogP contribution in [-0.4, -0.2) is 22.6 Å². The summed E-state index contributed by atoms with van der Waals surface area (Å²) in [7, 11) is 1.51. The van der Waals surface area contributed by atoms with Crippen LogP contribution in [0, 0.1) is 0 Å². The van der Waals surface area contributed by atoms with E-state index in [2.05, 4.69) is 4.98 Å². The van der Waals surface area contributed by atoms with E-state index in [-0.39, 0.29) is 5.91 Å². The van der Waals surface area contributed by atoms with Crippen LogP contribution < -0.4 is 0 Å². The van der Waals surface area contributed by atoms with Gasteiger partial charge in [-0.2, -0.15) is 0 Å². The van der Waals surface area contributed by atoms with Gasteiger partial charge in [0.25, 0.3) is 5.91 Å². The first-order valence-corrected chi connectivity index (χ1v) is 7.34. The van der Waals surface area contributed by atoms with Gasteiger partial charge in [-0.05, 0) is 18.6 Å². The number of hydrogen-bond acceptors (Lipinski definition) is 3. The first kappa shape index (κ1) is 16.0. The second-order valence-electron chi connectivity index (χ2n) is 4.68. The molecule has 0 aliphatic carbocycles. The maximum Gasteiger partial charge on any atom is 0.268 e. The molecule has 0 saturated carbocycles. The molecule has 0 spiro atoms. The Balaban J connectivity index is 2.58. The average Bonchev–Trinajstić information content (AvgIpc) is 2.99. The number of aromatic nitrogens is 2. The van der Waals surface area contributed by atoms with Crippen molar-refractivity contribution >= 4 is 29.1 Å². The van der Waals surface area contributed by atoms with Crippen molar-refractivity contribution in [1.29, 1.82) is 0 Å². The molecule has 4 nitrogen and oxygen atoms in total. The molecule has 0 bridgehead atoms. The summed E-state index contributed by atoms with van der Waals surface area (Å²) in [6.45, 7) is 1.98. The fourth-order valence-electron chi connectivity index (χ4n) is 2.41. The number of nitrogens with zero attached hydrogens (tertiary/aromatic N) is 2. The second-order valence-corrected chi connectivity index (χ2v) is 5.52. The minimum absolute atomic E-state index is 0.228. The van der Waals surface area contributed by atoms with E-state index in [1.165, 1.54) is 18.0 Å². The number of carbonyl (C=O) groups is 1. The monoisotopic (exact) mass is 326 g/mol. The van der Waals surface area contributed by atoms with Crippen molar-refractivity contribution in [3.63, 3.8) is 0 Å². The van der Waals surface area contributed by atoms with Gasteiger partial charge >= 0.3 is 0 Å². The number of methoxy groups -OCH3 is 1. The molecule has 112 valence electrons. The van der Waals surface area contributed by atoms with Crippen LogP contribution in [0.3, 0.4) is 0 Å². The van der Waals surface area contributed by atoms with Gasteiger partial charge in [-0.1, -0.05) is 42.6 Å². The third kappa shape index (κ3) is 2.98. The molecular weight excluding hydrogens is 311 g/mol. The van der Waals surface area contributed by atoms with Crippen LogP contribution in [0.2, 0.25) is 10.0 Å². The van der Waals surface area contributed by atoms with Crippen molar-refractivity contribution in [1.82, 2.24) is 9.55 Å². The van der Waals surface area contributed by atoms with E-state index >= 15 is 0 Å². The van der Waals surface area contributed by atoms with Crippen molar-refractivity contribution in [3.8, 4) is 0 Å². The van der Waals surface area contributed by atoms with Crippen LogP contribution >= 0.6 is 23.2 Å². The fraction of sp³-hybridized carbons (Fsp3) is 0.333. The summed E-state index contributed by atoms with van der Waals surface area (Å²) in [5, 5.41) is 0.923. The summed E-state index contributed by atoms with van der Waals surface area (Å²) >= 11 is 12.2. The molecule has 2 rings (SSSR count). The molecule has 0 amide bonds. The molecule has 1 unspecified atom stereocenters. The predicted octanol–water partition coefficient (Wildman–Crippen LogP) is 4.17. The normalized spacial score (nSPS) is 13.9. The Bertz CT molecular complexity index is 629. The topological polar surface area (TPSA) is 44.1 Å². The van der Waals surface area contributed by atoms with Crippen LogP contribution in [0.5, 0.6) is 0 Å². The van der Waals surface area contributed by atoms with Crippen molar-refractivity contribution in [2.24, 2.45) is 0 Å². The van der Waals surface area contributed by atoms with Crippen molar-refractivity contribution in [3.05, 3.63) is 52.5 Å². The van der Waals surface area contributed by atoms with E-state index in [9.17, 15) is 4.79 Å². The lowest BCUT2D eigenvalue weighted by atomic mass is 9.87. The first-order chi connectivity index (χ1) is 10.0. The zero-order valence-corrected chi connectivity index (χ0v) is 13.4. The van der Waals surface area contributed by atoms with Crippen molar-refractivity contribution in [2.45, 2.75) is 25.4 Å². The highest BCUT2D eigenvalue weighted by Gasteiger charge is 2.42. The molecule has 2 aromatic rings. The zero-order valence-electron chi connectivity index (χ0n) is 11.8. The summed E-state index contributed by atoms with van der Waals surface area (Å²) in [6.07, 6.45) is 5.86. The van der Waals surface area contributed by atoms with E-state index in [0.29, 0.717) is 22.0 Å². The molecule has 0 aliphatic rings. The molecular formula is C15H16Cl2N2O2. The number of halogens is 2. The number of hydrogen-bond donors (Lipinski definition) is 0. The highest BCUT2D eigenvalue weighted by molar-refractivity contribution is 6.35. The molecule has 0 N–H and O–H groups in total. The number of rotatable bonds is 5. The zero-order chi connectivity index (χ0) is 15.5. The first-order valence-electron chi connectivity index (χ1n) is 6.58. The van der Waals surface area contributed by atoms with Gasteiger partial charge in [-0.3, -0.25) is 9.36 Å². The van der Waals surface area contributed by atoms with Gasteiger partial charge in [-0.15, -0.1) is 0 Å². The van der Waals surface area contributed by atoms with E-state index in [1.54, 1.807) is 30.6 Å². The van der Waals surface area contributed by atoms with E-state index in [1.807, 2.05) is 6.92 Å². The lowest BCUT2D eigenvalue weighted by Crippen LogP contribution is -2.41. The van der Waals surface area contributed by atoms with Crippen LogP contribution in [0.25, 0.3) is 0 Å². The van der Waals surface area contributed by atoms with E-state index in [0.717, 1.165) is 6.42 Å². The fourth-order valence-corrected chi connectivity index (χ4v) is 2.97. The largest absolute Gasteiger partial charge is 0.364 e. The Morgan fingerprint density at radius 3 is 2.71 bits per heavy atom. The third-order valence-electron chi connectivity index (χ3n) is 3.40. The van der Waals surface area contributed by atoms with Crippen molar-refractivity contribution in [2.75, 3.05) is 7.11 Å². The third-order valence-corrected chi connectivity index (χ3v) is 3.95. The predicted molar refractivity (Wildman–Crippen MR) is 82.9 cm³/mol. The maximum absolute atomic E-state index is 12.9. The molecule has 1 aromatic heterocycles. The van der Waals surface area contributed by atoms with Crippen molar-refractivity contribution < 1.29 is 9.53 Å². The summed E-state index contributed by atoms with van der Waals surface area (Å²) < 4.78 is 7.05. The van der Waals surface area contributed by atoms with Crippen LogP contribution in [0.4, 0.5) is 0 Å². The van der Waals surface area contributed by atoms with Gasteiger partial charge in [0, 0.05) is 35.1 Å². The molecule has 0 saturated heterocycles. The van der Waals surface area contributed by atoms with Crippen LogP contribution in [-0.2, 0) is 10.3 Å². The Hall–Kier alpha value is -1.36. The quantitative estimate of drug-likeness (QED) is 0.828. The average molecular weight is 327 g/mol. The molecule has 1 heterocycles. The van der Waals surface area contributed by atoms with Gasteiger partial charge in [0.05, 0.1) is 0 Å². The standard InChI is InChI=1S/C15H16Cl2N2O2/c1-3-6-15(21-2,14(20)19-8-7-18-10-19)12-5-4-11(16)9-13(12)17/h4-5,7-10H,3,6H2,1-2H3. The molecule has 21 heavy (non-hydrogen) atoms. The highest BCUT2D eigenvalue weighted by Crippen LogP contribution is 2.37. The van der Waals surface area contributed by atoms with Gasteiger partial charge in [0.1, 0.15) is 6.33 Å². The maximum atomic E-state index is 12.9. The molecule has 1 aromatic carbocycles. The van der Waals surface area contributed by atoms with Crippen LogP contribution in [0.15, 0.2) is 36.9 Å². The molecule has 6 heteroatoms. The van der Waals surface area contributed by atoms with Gasteiger partial charge < -0.3 is 4.74 Å². The Morgan fingerprint density at radius 2 is 2.19 bits per heavy atom. The molecule has 0 radical (unpaired) electrons. The van der Waals surface area contributed by atoms with Gasteiger partial charge in [-0.25, -0.2) is 4.98 Å². The molecule has 1 atom stereocenters. The minimum atomic E-state index is -1.16. The summed E-state index contributed by atoms with van der Waals surface area (Å²) in [4.78, 5) is 16.8. The summed E-state index contributed by atoms with van der Waals surface area (Å²) in [6, 6.07) is 5.05. The smallest absolute Gasteiger partial charge is 0.268 e. The lowest BCUT2D eigenvalue weighted by Gasteiger charge is -2.32. The number of imidazole rings is 1. The summed E-state index contributed by atoms with van der Waals surface area (Å²) in [5.41, 5.74) is -0.548. The number of ether oxygens (including phenoxy) is 1. The Morgan fingerprint density at radius 1 is 1.43 bits per heavy atom. The van der Waals surface area contributed by atoms with Gasteiger partial charge in [0.2, 0.25) is 0 Å². The molecule has 0 aliphatic heterocycles. The van der Waals surface area contributed by atoms with E-state index in [4.69, 9.17) is 27.9 Å². The lowest BCUT2D eigenvalue weighted by molar-refractivity contribution is -0.0142. The number of carbonyl (C=O) groups excluding carboxylic acids is 1. The molecule has 0 fully saturated rings. The van der Waals surface area contributed by atoms with E-state index < -0.39 is 5.60 Å². The summed E-state index contributed by atoms with van der Waals surface area (Å²) in [5.74, 6) is -0.228. The Kier molecular flexibility index (Phi) is 5.04. The second kappa shape index (κ2) is 6.60. The highest BCUT2D eigenvalue weighted by atomic mass is 35.5. The number of benzene rings is 1. The SMILES string of the molecule is CCCC(OC)(C(=O)n1ccnc1)c1ccc(Cl)cc1Cl. The van der Waals surface area contributed by atoms with Crippen LogP contribution in [0.1, 0.15) is 30.1 Å². The minimum Gasteiger partial charge on any atom is -0.364 e. The Labute approximate surface area is 133 Å².